The van der Waals surface area contributed by atoms with Crippen molar-refractivity contribution in [2.45, 2.75) is 51.7 Å². The van der Waals surface area contributed by atoms with Gasteiger partial charge in [0.15, 0.2) is 5.17 Å². The highest BCUT2D eigenvalue weighted by atomic mass is 79.9. The van der Waals surface area contributed by atoms with Crippen molar-refractivity contribution in [1.29, 1.82) is 0 Å². The summed E-state index contributed by atoms with van der Waals surface area (Å²) in [5.41, 5.74) is 4.06. The van der Waals surface area contributed by atoms with E-state index in [1.54, 1.807) is 0 Å². The number of aryl methyl sites for hydroxylation is 1. The van der Waals surface area contributed by atoms with Crippen molar-refractivity contribution in [3.8, 4) is 5.75 Å². The van der Waals surface area contributed by atoms with Gasteiger partial charge in [-0.3, -0.25) is 9.69 Å². The monoisotopic (exact) mass is 610 g/mol. The summed E-state index contributed by atoms with van der Waals surface area (Å²) in [4.78, 5) is 21.7. The van der Waals surface area contributed by atoms with E-state index in [2.05, 4.69) is 65.3 Å². The molecule has 2 aliphatic rings. The van der Waals surface area contributed by atoms with Gasteiger partial charge in [0.05, 0.1) is 10.6 Å². The van der Waals surface area contributed by atoms with Crippen LogP contribution in [0.1, 0.15) is 48.8 Å². The number of fused-ring (bicyclic) bond motifs is 1. The number of nitrogens with zero attached hydrogens (tertiary/aromatic N) is 2. The molecule has 1 aliphatic carbocycles. The van der Waals surface area contributed by atoms with Crippen molar-refractivity contribution < 1.29 is 9.53 Å². The molecule has 2 fully saturated rings. The van der Waals surface area contributed by atoms with Gasteiger partial charge in [-0.05, 0) is 84.3 Å². The largest absolute Gasteiger partial charge is 0.488 e. The molecule has 0 N–H and O–H groups in total. The molecule has 1 aliphatic heterocycles. The lowest BCUT2D eigenvalue weighted by molar-refractivity contribution is -0.124. The predicted molar refractivity (Wildman–Crippen MR) is 170 cm³/mol. The normalized spacial score (nSPS) is 18.2. The molecular weight excluding hydrogens is 580 g/mol. The Bertz CT molecular complexity index is 1590. The van der Waals surface area contributed by atoms with Gasteiger partial charge < -0.3 is 4.74 Å². The van der Waals surface area contributed by atoms with Crippen LogP contribution >= 0.6 is 27.7 Å². The molecule has 4 aromatic carbocycles. The van der Waals surface area contributed by atoms with E-state index in [0.29, 0.717) is 11.5 Å². The van der Waals surface area contributed by atoms with Crippen LogP contribution in [0, 0.1) is 6.92 Å². The molecule has 0 radical (unpaired) electrons. The molecule has 4 nitrogen and oxygen atoms in total. The number of halogens is 1. The summed E-state index contributed by atoms with van der Waals surface area (Å²) < 4.78 is 7.41. The number of amides is 1. The second-order valence-corrected chi connectivity index (χ2v) is 12.3. The van der Waals surface area contributed by atoms with Crippen LogP contribution in [0.3, 0.4) is 0 Å². The van der Waals surface area contributed by atoms with Crippen LogP contribution in [-0.4, -0.2) is 22.0 Å². The minimum Gasteiger partial charge on any atom is -0.488 e. The molecule has 1 amide bonds. The number of carbonyl (C=O) groups is 1. The summed E-state index contributed by atoms with van der Waals surface area (Å²) in [6, 6.07) is 28.8. The van der Waals surface area contributed by atoms with Crippen LogP contribution in [0.15, 0.2) is 99.3 Å². The van der Waals surface area contributed by atoms with Crippen molar-refractivity contribution in [2.24, 2.45) is 4.99 Å². The van der Waals surface area contributed by atoms with E-state index in [-0.39, 0.29) is 11.9 Å². The number of aliphatic imine (C=N–C) groups is 1. The quantitative estimate of drug-likeness (QED) is 0.204. The number of thioether (sulfide) groups is 1. The van der Waals surface area contributed by atoms with Crippen molar-refractivity contribution in [3.05, 3.63) is 111 Å². The molecule has 0 atom stereocenters. The zero-order valence-electron chi connectivity index (χ0n) is 22.5. The van der Waals surface area contributed by atoms with E-state index in [1.807, 2.05) is 53.4 Å². The first-order chi connectivity index (χ1) is 19.5. The van der Waals surface area contributed by atoms with Gasteiger partial charge in [-0.1, -0.05) is 95.4 Å². The first-order valence-corrected chi connectivity index (χ1v) is 15.4. The first kappa shape index (κ1) is 26.9. The van der Waals surface area contributed by atoms with Crippen molar-refractivity contribution in [1.82, 2.24) is 4.90 Å². The number of carbonyl (C=O) groups excluding carboxylic acids is 1. The van der Waals surface area contributed by atoms with E-state index in [4.69, 9.17) is 9.73 Å². The van der Waals surface area contributed by atoms with Crippen molar-refractivity contribution >= 4 is 61.3 Å². The smallest absolute Gasteiger partial charge is 0.267 e. The lowest BCUT2D eigenvalue weighted by atomic mass is 9.94. The molecule has 1 saturated heterocycles. The molecule has 4 aromatic rings. The fourth-order valence-corrected chi connectivity index (χ4v) is 6.68. The second kappa shape index (κ2) is 12.0. The minimum atomic E-state index is 0.0366. The van der Waals surface area contributed by atoms with Gasteiger partial charge in [0.2, 0.25) is 0 Å². The maximum absolute atomic E-state index is 14.0. The third-order valence-corrected chi connectivity index (χ3v) is 9.06. The van der Waals surface area contributed by atoms with E-state index < -0.39 is 0 Å². The Kier molecular flexibility index (Phi) is 8.08. The Morgan fingerprint density at radius 2 is 1.70 bits per heavy atom. The Morgan fingerprint density at radius 1 is 0.950 bits per heavy atom. The molecule has 1 saturated carbocycles. The number of hydrogen-bond acceptors (Lipinski definition) is 4. The summed E-state index contributed by atoms with van der Waals surface area (Å²) >= 11 is 4.97. The molecule has 6 rings (SSSR count). The van der Waals surface area contributed by atoms with E-state index >= 15 is 0 Å². The Morgan fingerprint density at radius 3 is 2.48 bits per heavy atom. The van der Waals surface area contributed by atoms with Crippen LogP contribution in [0.2, 0.25) is 0 Å². The summed E-state index contributed by atoms with van der Waals surface area (Å²) in [6.07, 6.45) is 7.57. The molecule has 0 bridgehead atoms. The molecule has 202 valence electrons. The van der Waals surface area contributed by atoms with Crippen LogP contribution in [-0.2, 0) is 11.4 Å². The standard InChI is InChI=1S/C34H31BrN2O2S/c1-23-11-18-27(19-12-23)36-34-37(28-8-3-2-4-9-28)33(38)32(40-34)21-30-29-10-6-5-7-25(29)15-20-31(30)39-22-24-13-16-26(35)17-14-24/h5-7,10-21,28H,2-4,8-9,22H2,1H3/b32-21+,36-34?. The molecule has 0 unspecified atom stereocenters. The predicted octanol–water partition coefficient (Wildman–Crippen LogP) is 9.43. The summed E-state index contributed by atoms with van der Waals surface area (Å²) in [7, 11) is 0. The number of amidine groups is 1. The summed E-state index contributed by atoms with van der Waals surface area (Å²) in [6.45, 7) is 2.51. The number of benzene rings is 4. The summed E-state index contributed by atoms with van der Waals surface area (Å²) in [5.74, 6) is 0.796. The molecular formula is C34H31BrN2O2S. The van der Waals surface area contributed by atoms with Crippen LogP contribution in [0.4, 0.5) is 5.69 Å². The summed E-state index contributed by atoms with van der Waals surface area (Å²) in [5, 5.41) is 2.94. The van der Waals surface area contributed by atoms with E-state index in [1.165, 1.54) is 23.7 Å². The molecule has 6 heteroatoms. The Labute approximate surface area is 248 Å². The van der Waals surface area contributed by atoms with E-state index in [9.17, 15) is 4.79 Å². The van der Waals surface area contributed by atoms with Gasteiger partial charge >= 0.3 is 0 Å². The van der Waals surface area contributed by atoms with Gasteiger partial charge in [-0.15, -0.1) is 0 Å². The van der Waals surface area contributed by atoms with E-state index in [0.717, 1.165) is 68.7 Å². The van der Waals surface area contributed by atoms with Gasteiger partial charge in [-0.2, -0.15) is 0 Å². The highest BCUT2D eigenvalue weighted by molar-refractivity contribution is 9.10. The maximum atomic E-state index is 14.0. The zero-order valence-corrected chi connectivity index (χ0v) is 24.9. The highest BCUT2D eigenvalue weighted by Crippen LogP contribution is 2.41. The SMILES string of the molecule is Cc1ccc(N=C2S/C(=C/c3c(OCc4ccc(Br)cc4)ccc4ccccc34)C(=O)N2C2CCCCC2)cc1. The van der Waals surface area contributed by atoms with Gasteiger partial charge in [0, 0.05) is 16.1 Å². The average Bonchev–Trinajstić information content (AvgIpc) is 3.29. The van der Waals surface area contributed by atoms with Gasteiger partial charge in [-0.25, -0.2) is 4.99 Å². The maximum Gasteiger partial charge on any atom is 0.267 e. The molecule has 40 heavy (non-hydrogen) atoms. The number of ether oxygens (including phenoxy) is 1. The van der Waals surface area contributed by atoms with Crippen LogP contribution < -0.4 is 4.74 Å². The molecule has 1 heterocycles. The lowest BCUT2D eigenvalue weighted by Gasteiger charge is -2.30. The van der Waals surface area contributed by atoms with Crippen molar-refractivity contribution in [3.63, 3.8) is 0 Å². The molecule has 0 aromatic heterocycles. The first-order valence-electron chi connectivity index (χ1n) is 13.8. The number of rotatable bonds is 6. The third kappa shape index (κ3) is 5.89. The second-order valence-electron chi connectivity index (χ2n) is 10.4. The highest BCUT2D eigenvalue weighted by Gasteiger charge is 2.39. The average molecular weight is 612 g/mol. The van der Waals surface area contributed by atoms with Crippen molar-refractivity contribution in [2.75, 3.05) is 0 Å². The fraction of sp³-hybridized carbons (Fsp3) is 0.235. The zero-order chi connectivity index (χ0) is 27.5. The third-order valence-electron chi connectivity index (χ3n) is 7.55. The van der Waals surface area contributed by atoms with Gasteiger partial charge in [0.1, 0.15) is 12.4 Å². The Balaban J connectivity index is 1.39. The lowest BCUT2D eigenvalue weighted by Crippen LogP contribution is -2.40. The topological polar surface area (TPSA) is 41.9 Å². The van der Waals surface area contributed by atoms with Crippen LogP contribution in [0.25, 0.3) is 16.8 Å². The Hall–Kier alpha value is -3.35. The fourth-order valence-electron chi connectivity index (χ4n) is 5.38. The minimum absolute atomic E-state index is 0.0366. The number of hydrogen-bond donors (Lipinski definition) is 0. The molecule has 0 spiro atoms. The van der Waals surface area contributed by atoms with Crippen LogP contribution in [0.5, 0.6) is 5.75 Å². The van der Waals surface area contributed by atoms with Gasteiger partial charge in [0.25, 0.3) is 5.91 Å².